The van der Waals surface area contributed by atoms with Crippen LogP contribution in [0.25, 0.3) is 0 Å². The van der Waals surface area contributed by atoms with Gasteiger partial charge in [-0.05, 0) is 42.8 Å². The van der Waals surface area contributed by atoms with Gasteiger partial charge >= 0.3 is 0 Å². The summed E-state index contributed by atoms with van der Waals surface area (Å²) in [4.78, 5) is 13.7. The molecular weight excluding hydrogens is 286 g/mol. The third-order valence-electron chi connectivity index (χ3n) is 3.13. The van der Waals surface area contributed by atoms with Crippen LogP contribution in [-0.2, 0) is 4.79 Å². The second-order valence-electron chi connectivity index (χ2n) is 4.69. The van der Waals surface area contributed by atoms with Crippen LogP contribution < -0.4 is 9.64 Å². The summed E-state index contributed by atoms with van der Waals surface area (Å²) in [7, 11) is 1.79. The molecule has 2 aromatic carbocycles. The van der Waals surface area contributed by atoms with Crippen LogP contribution in [0.2, 0.25) is 5.02 Å². The predicted molar refractivity (Wildman–Crippen MR) is 86.0 cm³/mol. The molecule has 0 aliphatic rings. The highest BCUT2D eigenvalue weighted by atomic mass is 35.5. The molecule has 21 heavy (non-hydrogen) atoms. The maximum atomic E-state index is 12.1. The number of hydrogen-bond donors (Lipinski definition) is 0. The van der Waals surface area contributed by atoms with Gasteiger partial charge in [0, 0.05) is 24.2 Å². The first-order valence-corrected chi connectivity index (χ1v) is 7.24. The molecule has 0 spiro atoms. The van der Waals surface area contributed by atoms with Crippen LogP contribution >= 0.6 is 11.6 Å². The SMILES string of the molecule is CN(C(=O)CCCOc1ccc(Cl)cc1)c1ccccc1. The molecule has 0 unspecified atom stereocenters. The minimum atomic E-state index is 0.0842. The minimum absolute atomic E-state index is 0.0842. The van der Waals surface area contributed by atoms with Crippen LogP contribution in [0.3, 0.4) is 0 Å². The van der Waals surface area contributed by atoms with Crippen molar-refractivity contribution in [1.82, 2.24) is 0 Å². The number of rotatable bonds is 6. The largest absolute Gasteiger partial charge is 0.494 e. The molecule has 0 bridgehead atoms. The standard InChI is InChI=1S/C17H18ClNO2/c1-19(15-6-3-2-4-7-15)17(20)8-5-13-21-16-11-9-14(18)10-12-16/h2-4,6-7,9-12H,5,8,13H2,1H3. The molecule has 0 fully saturated rings. The van der Waals surface area contributed by atoms with Gasteiger partial charge < -0.3 is 9.64 Å². The highest BCUT2D eigenvalue weighted by Gasteiger charge is 2.09. The molecule has 0 aliphatic carbocycles. The predicted octanol–water partition coefficient (Wildman–Crippen LogP) is 4.16. The van der Waals surface area contributed by atoms with E-state index in [1.807, 2.05) is 42.5 Å². The van der Waals surface area contributed by atoms with Crippen LogP contribution in [0.15, 0.2) is 54.6 Å². The average Bonchev–Trinajstić information content (AvgIpc) is 2.53. The van der Waals surface area contributed by atoms with Crippen molar-refractivity contribution in [2.24, 2.45) is 0 Å². The average molecular weight is 304 g/mol. The van der Waals surface area contributed by atoms with E-state index >= 15 is 0 Å². The van der Waals surface area contributed by atoms with Gasteiger partial charge in [0.25, 0.3) is 0 Å². The van der Waals surface area contributed by atoms with Gasteiger partial charge in [0.05, 0.1) is 6.61 Å². The number of para-hydroxylation sites is 1. The molecule has 2 aromatic rings. The Morgan fingerprint density at radius 2 is 1.76 bits per heavy atom. The van der Waals surface area contributed by atoms with Crippen molar-refractivity contribution in [2.45, 2.75) is 12.8 Å². The number of anilines is 1. The monoisotopic (exact) mass is 303 g/mol. The van der Waals surface area contributed by atoms with E-state index in [9.17, 15) is 4.79 Å². The van der Waals surface area contributed by atoms with Crippen LogP contribution in [0.4, 0.5) is 5.69 Å². The highest BCUT2D eigenvalue weighted by molar-refractivity contribution is 6.30. The smallest absolute Gasteiger partial charge is 0.226 e. The zero-order valence-electron chi connectivity index (χ0n) is 12.0. The maximum Gasteiger partial charge on any atom is 0.226 e. The highest BCUT2D eigenvalue weighted by Crippen LogP contribution is 2.16. The Bertz CT molecular complexity index is 569. The van der Waals surface area contributed by atoms with E-state index < -0.39 is 0 Å². The van der Waals surface area contributed by atoms with E-state index in [1.165, 1.54) is 0 Å². The molecule has 2 rings (SSSR count). The Hall–Kier alpha value is -2.00. The van der Waals surface area contributed by atoms with Crippen LogP contribution in [0, 0.1) is 0 Å². The van der Waals surface area contributed by atoms with E-state index in [0.29, 0.717) is 24.5 Å². The summed E-state index contributed by atoms with van der Waals surface area (Å²) >= 11 is 5.80. The van der Waals surface area contributed by atoms with E-state index in [0.717, 1.165) is 11.4 Å². The van der Waals surface area contributed by atoms with Gasteiger partial charge in [-0.1, -0.05) is 29.8 Å². The van der Waals surface area contributed by atoms with Gasteiger partial charge in [0.15, 0.2) is 0 Å². The second-order valence-corrected chi connectivity index (χ2v) is 5.13. The molecule has 110 valence electrons. The van der Waals surface area contributed by atoms with Crippen LogP contribution in [0.1, 0.15) is 12.8 Å². The number of halogens is 1. The number of hydrogen-bond acceptors (Lipinski definition) is 2. The Labute approximate surface area is 130 Å². The zero-order chi connectivity index (χ0) is 15.1. The molecular formula is C17H18ClNO2. The van der Waals surface area contributed by atoms with Crippen LogP contribution in [0.5, 0.6) is 5.75 Å². The summed E-state index contributed by atoms with van der Waals surface area (Å²) in [6, 6.07) is 16.8. The minimum Gasteiger partial charge on any atom is -0.494 e. The molecule has 4 heteroatoms. The molecule has 1 amide bonds. The molecule has 0 heterocycles. The summed E-state index contributed by atoms with van der Waals surface area (Å²) < 4.78 is 5.57. The first kappa shape index (κ1) is 15.4. The summed E-state index contributed by atoms with van der Waals surface area (Å²) in [6.45, 7) is 0.510. The Kier molecular flexibility index (Phi) is 5.64. The first-order chi connectivity index (χ1) is 10.2. The lowest BCUT2D eigenvalue weighted by Gasteiger charge is -2.17. The fourth-order valence-electron chi connectivity index (χ4n) is 1.91. The van der Waals surface area contributed by atoms with Crippen molar-refractivity contribution >= 4 is 23.2 Å². The van der Waals surface area contributed by atoms with Gasteiger partial charge in [0.1, 0.15) is 5.75 Å². The molecule has 0 aliphatic heterocycles. The molecule has 0 atom stereocenters. The van der Waals surface area contributed by atoms with Gasteiger partial charge in [-0.25, -0.2) is 0 Å². The normalized spacial score (nSPS) is 10.2. The topological polar surface area (TPSA) is 29.5 Å². The van der Waals surface area contributed by atoms with Gasteiger partial charge in [0.2, 0.25) is 5.91 Å². The third-order valence-corrected chi connectivity index (χ3v) is 3.39. The fourth-order valence-corrected chi connectivity index (χ4v) is 2.03. The number of ether oxygens (including phenoxy) is 1. The van der Waals surface area contributed by atoms with E-state index in [4.69, 9.17) is 16.3 Å². The van der Waals surface area contributed by atoms with E-state index in [1.54, 1.807) is 24.1 Å². The van der Waals surface area contributed by atoms with Crippen molar-refractivity contribution < 1.29 is 9.53 Å². The zero-order valence-corrected chi connectivity index (χ0v) is 12.7. The van der Waals surface area contributed by atoms with Crippen molar-refractivity contribution in [1.29, 1.82) is 0 Å². The van der Waals surface area contributed by atoms with Crippen molar-refractivity contribution in [3.8, 4) is 5.75 Å². The Morgan fingerprint density at radius 1 is 1.10 bits per heavy atom. The molecule has 3 nitrogen and oxygen atoms in total. The first-order valence-electron chi connectivity index (χ1n) is 6.87. The van der Waals surface area contributed by atoms with Gasteiger partial charge in [-0.15, -0.1) is 0 Å². The second kappa shape index (κ2) is 7.70. The van der Waals surface area contributed by atoms with E-state index in [-0.39, 0.29) is 5.91 Å². The number of carbonyl (C=O) groups excluding carboxylic acids is 1. The summed E-state index contributed by atoms with van der Waals surface area (Å²) in [5, 5.41) is 0.682. The number of amides is 1. The fraction of sp³-hybridized carbons (Fsp3) is 0.235. The summed E-state index contributed by atoms with van der Waals surface area (Å²) in [6.07, 6.45) is 1.14. The van der Waals surface area contributed by atoms with Gasteiger partial charge in [-0.2, -0.15) is 0 Å². The molecule has 0 saturated heterocycles. The van der Waals surface area contributed by atoms with Crippen molar-refractivity contribution in [3.63, 3.8) is 0 Å². The number of nitrogens with zero attached hydrogens (tertiary/aromatic N) is 1. The lowest BCUT2D eigenvalue weighted by atomic mass is 10.2. The number of benzene rings is 2. The quantitative estimate of drug-likeness (QED) is 0.750. The van der Waals surface area contributed by atoms with Crippen LogP contribution in [-0.4, -0.2) is 19.6 Å². The molecule has 0 radical (unpaired) electrons. The molecule has 0 N–H and O–H groups in total. The Balaban J connectivity index is 1.73. The Morgan fingerprint density at radius 3 is 2.43 bits per heavy atom. The third kappa shape index (κ3) is 4.80. The lowest BCUT2D eigenvalue weighted by Crippen LogP contribution is -2.26. The maximum absolute atomic E-state index is 12.1. The van der Waals surface area contributed by atoms with Crippen molar-refractivity contribution in [3.05, 3.63) is 59.6 Å². The molecule has 0 saturated carbocycles. The molecule has 0 aromatic heterocycles. The summed E-state index contributed by atoms with van der Waals surface area (Å²) in [5.74, 6) is 0.851. The van der Waals surface area contributed by atoms with Crippen molar-refractivity contribution in [2.75, 3.05) is 18.6 Å². The summed E-state index contributed by atoms with van der Waals surface area (Å²) in [5.41, 5.74) is 0.904. The lowest BCUT2D eigenvalue weighted by molar-refractivity contribution is -0.118. The van der Waals surface area contributed by atoms with Gasteiger partial charge in [-0.3, -0.25) is 4.79 Å². The van der Waals surface area contributed by atoms with E-state index in [2.05, 4.69) is 0 Å². The number of carbonyl (C=O) groups is 1.